The molecule has 0 bridgehead atoms. The lowest BCUT2D eigenvalue weighted by Gasteiger charge is -2.22. The third-order valence-electron chi connectivity index (χ3n) is 3.74. The number of hydrogen-bond acceptors (Lipinski definition) is 6. The van der Waals surface area contributed by atoms with Crippen LogP contribution in [0.2, 0.25) is 0 Å². The molecule has 0 amide bonds. The average Bonchev–Trinajstić information content (AvgIpc) is 2.96. The zero-order chi connectivity index (χ0) is 12.9. The third-order valence-corrected chi connectivity index (χ3v) is 3.74. The van der Waals surface area contributed by atoms with E-state index in [2.05, 4.69) is 15.5 Å². The Bertz CT molecular complexity index is 384. The zero-order valence-corrected chi connectivity index (χ0v) is 11.1. The van der Waals surface area contributed by atoms with E-state index >= 15 is 0 Å². The minimum Gasteiger partial charge on any atom is -0.381 e. The van der Waals surface area contributed by atoms with Gasteiger partial charge in [0.2, 0.25) is 0 Å². The van der Waals surface area contributed by atoms with E-state index in [-0.39, 0.29) is 5.92 Å². The molecule has 1 aromatic rings. The molecule has 1 aromatic heterocycles. The fourth-order valence-corrected chi connectivity index (χ4v) is 2.59. The highest BCUT2D eigenvalue weighted by atomic mass is 16.5. The zero-order valence-electron chi connectivity index (χ0n) is 11.1. The molecule has 106 valence electrons. The summed E-state index contributed by atoms with van der Waals surface area (Å²) in [6, 6.07) is 0. The fraction of sp³-hybridized carbons (Fsp3) is 0.846. The summed E-state index contributed by atoms with van der Waals surface area (Å²) in [5.41, 5.74) is 0. The summed E-state index contributed by atoms with van der Waals surface area (Å²) in [4.78, 5) is 4.42. The van der Waals surface area contributed by atoms with Crippen molar-refractivity contribution in [2.75, 3.05) is 26.3 Å². The summed E-state index contributed by atoms with van der Waals surface area (Å²) in [6.07, 6.45) is 4.57. The summed E-state index contributed by atoms with van der Waals surface area (Å²) in [7, 11) is 0. The monoisotopic (exact) mass is 267 g/mol. The number of piperidine rings is 1. The van der Waals surface area contributed by atoms with Crippen LogP contribution in [-0.4, -0.2) is 42.5 Å². The molecule has 2 fully saturated rings. The number of ether oxygens (including phenoxy) is 2. The number of aromatic nitrogens is 2. The maximum absolute atomic E-state index is 5.80. The van der Waals surface area contributed by atoms with Crippen LogP contribution in [0, 0.1) is 0 Å². The quantitative estimate of drug-likeness (QED) is 0.885. The van der Waals surface area contributed by atoms with E-state index in [1.807, 2.05) is 0 Å². The first-order valence-electron chi connectivity index (χ1n) is 7.14. The van der Waals surface area contributed by atoms with Crippen LogP contribution in [0.4, 0.5) is 0 Å². The van der Waals surface area contributed by atoms with Gasteiger partial charge in [-0.3, -0.25) is 0 Å². The van der Waals surface area contributed by atoms with Gasteiger partial charge in [0.15, 0.2) is 5.82 Å². The lowest BCUT2D eigenvalue weighted by Crippen LogP contribution is -2.32. The SMILES string of the molecule is C1COCC(c2noc(COC3CCNCC3)n2)C1. The lowest BCUT2D eigenvalue weighted by atomic mass is 10.0. The molecule has 2 saturated heterocycles. The van der Waals surface area contributed by atoms with E-state index in [0.717, 1.165) is 51.2 Å². The lowest BCUT2D eigenvalue weighted by molar-refractivity contribution is 0.00859. The summed E-state index contributed by atoms with van der Waals surface area (Å²) in [5.74, 6) is 1.63. The van der Waals surface area contributed by atoms with Crippen LogP contribution in [0.5, 0.6) is 0 Å². The second-order valence-corrected chi connectivity index (χ2v) is 5.22. The highest BCUT2D eigenvalue weighted by Gasteiger charge is 2.22. The van der Waals surface area contributed by atoms with E-state index < -0.39 is 0 Å². The molecule has 1 N–H and O–H groups in total. The molecule has 3 rings (SSSR count). The topological polar surface area (TPSA) is 69.4 Å². The maximum atomic E-state index is 5.80. The van der Waals surface area contributed by atoms with Gasteiger partial charge in [0.25, 0.3) is 5.89 Å². The summed E-state index contributed by atoms with van der Waals surface area (Å²) >= 11 is 0. The van der Waals surface area contributed by atoms with Crippen LogP contribution in [0.3, 0.4) is 0 Å². The Morgan fingerprint density at radius 2 is 2.16 bits per heavy atom. The first kappa shape index (κ1) is 13.0. The normalized spacial score (nSPS) is 25.6. The van der Waals surface area contributed by atoms with Crippen molar-refractivity contribution in [2.24, 2.45) is 0 Å². The second-order valence-electron chi connectivity index (χ2n) is 5.22. The van der Waals surface area contributed by atoms with Crippen molar-refractivity contribution in [2.45, 2.75) is 44.3 Å². The molecule has 2 aliphatic rings. The van der Waals surface area contributed by atoms with E-state index in [9.17, 15) is 0 Å². The Morgan fingerprint density at radius 1 is 1.26 bits per heavy atom. The molecule has 0 aromatic carbocycles. The molecular formula is C13H21N3O3. The first-order valence-corrected chi connectivity index (χ1v) is 7.14. The van der Waals surface area contributed by atoms with Crippen molar-refractivity contribution in [3.63, 3.8) is 0 Å². The number of rotatable bonds is 4. The van der Waals surface area contributed by atoms with Crippen LogP contribution in [0.15, 0.2) is 4.52 Å². The van der Waals surface area contributed by atoms with Crippen molar-refractivity contribution < 1.29 is 14.0 Å². The Kier molecular flexibility index (Phi) is 4.42. The molecule has 6 nitrogen and oxygen atoms in total. The standard InChI is InChI=1S/C13H21N3O3/c1-2-10(8-17-7-1)13-15-12(19-16-13)9-18-11-3-5-14-6-4-11/h10-11,14H,1-9H2. The van der Waals surface area contributed by atoms with E-state index in [4.69, 9.17) is 14.0 Å². The summed E-state index contributed by atoms with van der Waals surface area (Å²) < 4.78 is 16.5. The smallest absolute Gasteiger partial charge is 0.252 e. The van der Waals surface area contributed by atoms with E-state index in [1.54, 1.807) is 0 Å². The Balaban J connectivity index is 1.49. The molecule has 0 radical (unpaired) electrons. The van der Waals surface area contributed by atoms with E-state index in [1.165, 1.54) is 0 Å². The van der Waals surface area contributed by atoms with Crippen LogP contribution in [0.1, 0.15) is 43.3 Å². The van der Waals surface area contributed by atoms with Gasteiger partial charge < -0.3 is 19.3 Å². The Morgan fingerprint density at radius 3 is 2.95 bits per heavy atom. The van der Waals surface area contributed by atoms with Crippen LogP contribution >= 0.6 is 0 Å². The molecule has 3 heterocycles. The van der Waals surface area contributed by atoms with Crippen molar-refractivity contribution >= 4 is 0 Å². The number of nitrogens with one attached hydrogen (secondary N) is 1. The van der Waals surface area contributed by atoms with E-state index in [0.29, 0.717) is 25.2 Å². The van der Waals surface area contributed by atoms with Gasteiger partial charge in [-0.2, -0.15) is 4.98 Å². The Labute approximate surface area is 112 Å². The highest BCUT2D eigenvalue weighted by molar-refractivity contribution is 4.96. The molecule has 0 spiro atoms. The summed E-state index contributed by atoms with van der Waals surface area (Å²) in [5, 5.41) is 7.36. The molecular weight excluding hydrogens is 246 g/mol. The molecule has 1 unspecified atom stereocenters. The van der Waals surface area contributed by atoms with Crippen molar-refractivity contribution in [1.29, 1.82) is 0 Å². The highest BCUT2D eigenvalue weighted by Crippen LogP contribution is 2.23. The molecule has 0 saturated carbocycles. The number of nitrogens with zero attached hydrogens (tertiary/aromatic N) is 2. The number of hydrogen-bond donors (Lipinski definition) is 1. The van der Waals surface area contributed by atoms with Crippen LogP contribution in [0.25, 0.3) is 0 Å². The van der Waals surface area contributed by atoms with Gasteiger partial charge >= 0.3 is 0 Å². The summed E-state index contributed by atoms with van der Waals surface area (Å²) in [6.45, 7) is 4.03. The molecule has 19 heavy (non-hydrogen) atoms. The van der Waals surface area contributed by atoms with Crippen molar-refractivity contribution in [3.05, 3.63) is 11.7 Å². The minimum atomic E-state index is 0.283. The van der Waals surface area contributed by atoms with Gasteiger partial charge in [-0.05, 0) is 38.8 Å². The van der Waals surface area contributed by atoms with Crippen LogP contribution < -0.4 is 5.32 Å². The average molecular weight is 267 g/mol. The van der Waals surface area contributed by atoms with Gasteiger partial charge in [0, 0.05) is 12.5 Å². The van der Waals surface area contributed by atoms with Gasteiger partial charge in [0.05, 0.1) is 12.7 Å². The predicted octanol–water partition coefficient (Wildman–Crippen LogP) is 1.23. The van der Waals surface area contributed by atoms with Crippen molar-refractivity contribution in [3.8, 4) is 0 Å². The maximum Gasteiger partial charge on any atom is 0.252 e. The molecule has 0 aliphatic carbocycles. The second kappa shape index (κ2) is 6.45. The van der Waals surface area contributed by atoms with Gasteiger partial charge in [-0.15, -0.1) is 0 Å². The molecule has 6 heteroatoms. The predicted molar refractivity (Wildman–Crippen MR) is 67.8 cm³/mol. The van der Waals surface area contributed by atoms with Gasteiger partial charge in [-0.25, -0.2) is 0 Å². The molecule has 1 atom stereocenters. The largest absolute Gasteiger partial charge is 0.381 e. The van der Waals surface area contributed by atoms with Crippen molar-refractivity contribution in [1.82, 2.24) is 15.5 Å². The van der Waals surface area contributed by atoms with Gasteiger partial charge in [0.1, 0.15) is 6.61 Å². The van der Waals surface area contributed by atoms with Crippen LogP contribution in [-0.2, 0) is 16.1 Å². The fourth-order valence-electron chi connectivity index (χ4n) is 2.59. The first-order chi connectivity index (χ1) is 9.42. The Hall–Kier alpha value is -0.980. The third kappa shape index (κ3) is 3.52. The molecule has 2 aliphatic heterocycles. The van der Waals surface area contributed by atoms with Gasteiger partial charge in [-0.1, -0.05) is 5.16 Å². The minimum absolute atomic E-state index is 0.283.